The first kappa shape index (κ1) is 17.8. The minimum absolute atomic E-state index is 0.695. The molecule has 0 aliphatic rings. The Morgan fingerprint density at radius 3 is 2.00 bits per heavy atom. The number of hydrogen-bond donors (Lipinski definition) is 1. The Labute approximate surface area is 104 Å². The molecule has 0 aromatic rings. The van der Waals surface area contributed by atoms with Crippen molar-refractivity contribution in [3.05, 3.63) is 12.7 Å². The van der Waals surface area contributed by atoms with Crippen molar-refractivity contribution >= 4 is 5.97 Å². The summed E-state index contributed by atoms with van der Waals surface area (Å²) in [6.45, 7) is 3.30. The van der Waals surface area contributed by atoms with Crippen LogP contribution in [0.2, 0.25) is 0 Å². The van der Waals surface area contributed by atoms with Gasteiger partial charge in [0.2, 0.25) is 0 Å². The lowest BCUT2D eigenvalue weighted by Crippen LogP contribution is -2.57. The van der Waals surface area contributed by atoms with Crippen molar-refractivity contribution in [2.45, 2.75) is 31.3 Å². The van der Waals surface area contributed by atoms with Crippen LogP contribution in [0, 0.1) is 5.92 Å². The van der Waals surface area contributed by atoms with Gasteiger partial charge in [-0.15, -0.1) is 0 Å². The van der Waals surface area contributed by atoms with Crippen LogP contribution >= 0.6 is 0 Å². The maximum atomic E-state index is 12.3. The standard InChI is InChI=1S/C10H12F6O3/c1-3-7(17)19-5-6(2)4-8(18,9(11,12)13)10(14,15)16/h3,6,18H,1,4-5H2,2H3. The number of carbonyl (C=O) groups is 1. The van der Waals surface area contributed by atoms with Crippen LogP contribution in [-0.2, 0) is 9.53 Å². The molecule has 0 rings (SSSR count). The highest BCUT2D eigenvalue weighted by Crippen LogP contribution is 2.46. The zero-order valence-corrected chi connectivity index (χ0v) is 9.81. The van der Waals surface area contributed by atoms with E-state index in [2.05, 4.69) is 11.3 Å². The van der Waals surface area contributed by atoms with E-state index in [4.69, 9.17) is 5.11 Å². The van der Waals surface area contributed by atoms with E-state index in [1.807, 2.05) is 0 Å². The van der Waals surface area contributed by atoms with E-state index in [-0.39, 0.29) is 0 Å². The molecule has 0 bridgehead atoms. The monoisotopic (exact) mass is 294 g/mol. The fourth-order valence-electron chi connectivity index (χ4n) is 1.24. The molecule has 0 aliphatic carbocycles. The van der Waals surface area contributed by atoms with Crippen molar-refractivity contribution in [1.82, 2.24) is 0 Å². The van der Waals surface area contributed by atoms with Crippen molar-refractivity contribution in [1.29, 1.82) is 0 Å². The van der Waals surface area contributed by atoms with Crippen molar-refractivity contribution < 1.29 is 41.0 Å². The van der Waals surface area contributed by atoms with Gasteiger partial charge in [0.25, 0.3) is 5.60 Å². The van der Waals surface area contributed by atoms with Crippen molar-refractivity contribution in [3.8, 4) is 0 Å². The molecule has 1 unspecified atom stereocenters. The molecule has 0 amide bonds. The summed E-state index contributed by atoms with van der Waals surface area (Å²) < 4.78 is 78.3. The quantitative estimate of drug-likeness (QED) is 0.481. The summed E-state index contributed by atoms with van der Waals surface area (Å²) in [5.41, 5.74) is -4.83. The summed E-state index contributed by atoms with van der Waals surface area (Å²) in [5.74, 6) is -2.33. The molecular weight excluding hydrogens is 282 g/mol. The molecule has 0 saturated carbocycles. The summed E-state index contributed by atoms with van der Waals surface area (Å²) in [6.07, 6.45) is -12.7. The average Bonchev–Trinajstić information content (AvgIpc) is 2.22. The lowest BCUT2D eigenvalue weighted by atomic mass is 9.90. The minimum atomic E-state index is -5.87. The summed E-state index contributed by atoms with van der Waals surface area (Å²) in [6, 6.07) is 0. The third-order valence-electron chi connectivity index (χ3n) is 2.26. The third-order valence-corrected chi connectivity index (χ3v) is 2.26. The van der Waals surface area contributed by atoms with E-state index in [1.54, 1.807) is 0 Å². The SMILES string of the molecule is C=CC(=O)OCC(C)CC(O)(C(F)(F)F)C(F)(F)F. The first-order valence-corrected chi connectivity index (χ1v) is 5.00. The number of hydrogen-bond acceptors (Lipinski definition) is 3. The number of halogens is 6. The highest BCUT2D eigenvalue weighted by molar-refractivity contribution is 5.81. The number of esters is 1. The van der Waals surface area contributed by atoms with Gasteiger partial charge in [0.05, 0.1) is 6.61 Å². The van der Waals surface area contributed by atoms with Crippen LogP contribution < -0.4 is 0 Å². The van der Waals surface area contributed by atoms with Gasteiger partial charge in [0.1, 0.15) is 0 Å². The zero-order valence-electron chi connectivity index (χ0n) is 9.81. The minimum Gasteiger partial charge on any atom is -0.462 e. The fraction of sp³-hybridized carbons (Fsp3) is 0.700. The summed E-state index contributed by atoms with van der Waals surface area (Å²) in [5, 5.41) is 8.87. The molecule has 19 heavy (non-hydrogen) atoms. The molecule has 0 spiro atoms. The van der Waals surface area contributed by atoms with Crippen LogP contribution in [0.5, 0.6) is 0 Å². The molecular formula is C10H12F6O3. The lowest BCUT2D eigenvalue weighted by molar-refractivity contribution is -0.372. The predicted molar refractivity (Wildman–Crippen MR) is 52.0 cm³/mol. The van der Waals surface area contributed by atoms with Crippen LogP contribution in [0.25, 0.3) is 0 Å². The van der Waals surface area contributed by atoms with Gasteiger partial charge >= 0.3 is 18.3 Å². The van der Waals surface area contributed by atoms with Gasteiger partial charge in [-0.1, -0.05) is 13.5 Å². The Kier molecular flexibility index (Phi) is 5.42. The van der Waals surface area contributed by atoms with E-state index in [9.17, 15) is 31.1 Å². The molecule has 0 fully saturated rings. The topological polar surface area (TPSA) is 46.5 Å². The first-order chi connectivity index (χ1) is 8.35. The summed E-state index contributed by atoms with van der Waals surface area (Å²) in [4.78, 5) is 10.6. The number of alkyl halides is 6. The highest BCUT2D eigenvalue weighted by Gasteiger charge is 2.70. The lowest BCUT2D eigenvalue weighted by Gasteiger charge is -2.34. The van der Waals surface area contributed by atoms with Crippen LogP contribution in [0.15, 0.2) is 12.7 Å². The molecule has 9 heteroatoms. The molecule has 1 atom stereocenters. The number of ether oxygens (including phenoxy) is 1. The summed E-state index contributed by atoms with van der Waals surface area (Å²) in [7, 11) is 0. The predicted octanol–water partition coefficient (Wildman–Crippen LogP) is 2.60. The maximum Gasteiger partial charge on any atom is 0.426 e. The first-order valence-electron chi connectivity index (χ1n) is 5.00. The molecule has 0 aromatic carbocycles. The Morgan fingerprint density at radius 1 is 1.26 bits per heavy atom. The van der Waals surface area contributed by atoms with E-state index in [1.165, 1.54) is 0 Å². The van der Waals surface area contributed by atoms with Gasteiger partial charge in [-0.05, 0) is 5.92 Å². The Bertz CT molecular complexity index is 319. The number of rotatable bonds is 5. The smallest absolute Gasteiger partial charge is 0.426 e. The maximum absolute atomic E-state index is 12.3. The normalized spacial score (nSPS) is 14.9. The van der Waals surface area contributed by atoms with E-state index in [0.29, 0.717) is 6.08 Å². The van der Waals surface area contributed by atoms with Crippen molar-refractivity contribution in [2.75, 3.05) is 6.61 Å². The molecule has 0 saturated heterocycles. The van der Waals surface area contributed by atoms with E-state index < -0.39 is 42.9 Å². The van der Waals surface area contributed by atoms with Crippen LogP contribution in [0.1, 0.15) is 13.3 Å². The van der Waals surface area contributed by atoms with E-state index in [0.717, 1.165) is 6.92 Å². The van der Waals surface area contributed by atoms with Crippen molar-refractivity contribution in [3.63, 3.8) is 0 Å². The second kappa shape index (κ2) is 5.81. The molecule has 0 aromatic heterocycles. The van der Waals surface area contributed by atoms with Crippen molar-refractivity contribution in [2.24, 2.45) is 5.92 Å². The molecule has 0 heterocycles. The second-order valence-electron chi connectivity index (χ2n) is 4.00. The Balaban J connectivity index is 4.87. The Hall–Kier alpha value is -1.25. The molecule has 1 N–H and O–H groups in total. The third kappa shape index (κ3) is 4.41. The van der Waals surface area contributed by atoms with Gasteiger partial charge in [0.15, 0.2) is 0 Å². The van der Waals surface area contributed by atoms with Gasteiger partial charge in [-0.3, -0.25) is 0 Å². The largest absolute Gasteiger partial charge is 0.462 e. The van der Waals surface area contributed by atoms with Crippen LogP contribution in [0.3, 0.4) is 0 Å². The molecule has 112 valence electrons. The molecule has 3 nitrogen and oxygen atoms in total. The van der Waals surface area contributed by atoms with Gasteiger partial charge < -0.3 is 9.84 Å². The van der Waals surface area contributed by atoms with Crippen LogP contribution in [0.4, 0.5) is 26.3 Å². The average molecular weight is 294 g/mol. The van der Waals surface area contributed by atoms with Gasteiger partial charge in [0, 0.05) is 12.5 Å². The van der Waals surface area contributed by atoms with Gasteiger partial charge in [-0.25, -0.2) is 4.79 Å². The zero-order chi connectivity index (χ0) is 15.5. The molecule has 0 radical (unpaired) electrons. The van der Waals surface area contributed by atoms with E-state index >= 15 is 0 Å². The van der Waals surface area contributed by atoms with Gasteiger partial charge in [-0.2, -0.15) is 26.3 Å². The summed E-state index contributed by atoms with van der Waals surface area (Å²) >= 11 is 0. The molecule has 0 aliphatic heterocycles. The van der Waals surface area contributed by atoms with Crippen LogP contribution in [-0.4, -0.2) is 35.6 Å². The highest BCUT2D eigenvalue weighted by atomic mass is 19.4. The Morgan fingerprint density at radius 2 is 1.68 bits per heavy atom. The second-order valence-corrected chi connectivity index (χ2v) is 4.00. The fourth-order valence-corrected chi connectivity index (χ4v) is 1.24. The number of carbonyl (C=O) groups excluding carboxylic acids is 1. The number of aliphatic hydroxyl groups is 1.